The molecule has 0 aliphatic carbocycles. The highest BCUT2D eigenvalue weighted by Gasteiger charge is 2.07. The zero-order valence-electron chi connectivity index (χ0n) is 5.75. The van der Waals surface area contributed by atoms with Crippen LogP contribution in [0.25, 0.3) is 0 Å². The van der Waals surface area contributed by atoms with E-state index in [2.05, 4.69) is 15.9 Å². The van der Waals surface area contributed by atoms with Crippen molar-refractivity contribution in [2.24, 2.45) is 0 Å². The first kappa shape index (κ1) is 6.54. The summed E-state index contributed by atoms with van der Waals surface area (Å²) in [6.45, 7) is 0. The molecular formula is C7H8N2OS. The molecule has 0 saturated carbocycles. The third-order valence-corrected chi connectivity index (χ3v) is 3.32. The van der Waals surface area contributed by atoms with Crippen LogP contribution in [-0.2, 0) is 0 Å². The fraction of sp³-hybridized carbons (Fsp3) is 0. The van der Waals surface area contributed by atoms with Crippen LogP contribution in [0, 0.1) is 0 Å². The fourth-order valence-corrected chi connectivity index (χ4v) is 2.44. The van der Waals surface area contributed by atoms with Crippen LogP contribution >= 0.6 is 10.9 Å². The van der Waals surface area contributed by atoms with Crippen LogP contribution in [0.4, 0.5) is 0 Å². The second-order valence-electron chi connectivity index (χ2n) is 2.17. The van der Waals surface area contributed by atoms with E-state index in [0.717, 1.165) is 9.87 Å². The van der Waals surface area contributed by atoms with Crippen LogP contribution in [0.15, 0.2) is 40.3 Å². The average molecular weight is 168 g/mol. The molecule has 0 radical (unpaired) electrons. The van der Waals surface area contributed by atoms with E-state index in [1.165, 1.54) is 0 Å². The van der Waals surface area contributed by atoms with Crippen molar-refractivity contribution >= 4 is 10.9 Å². The van der Waals surface area contributed by atoms with E-state index < -0.39 is 10.9 Å². The van der Waals surface area contributed by atoms with Crippen LogP contribution < -0.4 is 0 Å². The molecule has 1 aromatic rings. The van der Waals surface area contributed by atoms with Gasteiger partial charge >= 0.3 is 0 Å². The summed E-state index contributed by atoms with van der Waals surface area (Å²) in [7, 11) is -0.435. The minimum atomic E-state index is -0.435. The summed E-state index contributed by atoms with van der Waals surface area (Å²) in [5, 5.41) is 17.8. The van der Waals surface area contributed by atoms with Crippen molar-refractivity contribution in [3.05, 3.63) is 35.2 Å². The maximum atomic E-state index is 9.16. The monoisotopic (exact) mass is 168 g/mol. The van der Waals surface area contributed by atoms with Crippen molar-refractivity contribution in [2.75, 3.05) is 0 Å². The zero-order valence-corrected chi connectivity index (χ0v) is 6.65. The van der Waals surface area contributed by atoms with E-state index in [9.17, 15) is 0 Å². The highest BCUT2D eigenvalue weighted by molar-refractivity contribution is 8.22. The van der Waals surface area contributed by atoms with Gasteiger partial charge in [-0.05, 0) is 16.9 Å². The van der Waals surface area contributed by atoms with E-state index in [1.54, 1.807) is 6.20 Å². The number of allylic oxidation sites excluding steroid dienone is 2. The molecule has 1 aliphatic heterocycles. The largest absolute Gasteiger partial charge is 0.411 e. The summed E-state index contributed by atoms with van der Waals surface area (Å²) in [5.74, 6) is 0. The molecule has 2 heterocycles. The maximum absolute atomic E-state index is 9.16. The maximum Gasteiger partial charge on any atom is 0.123 e. The predicted molar refractivity (Wildman–Crippen MR) is 44.9 cm³/mol. The van der Waals surface area contributed by atoms with Crippen molar-refractivity contribution in [3.63, 3.8) is 0 Å². The standard InChI is InChI=1S/C7H8N2OS/c10-9-7(3-4-8-9)11-5-1-2-6-11/h1-6,10-11H. The Morgan fingerprint density at radius 3 is 2.64 bits per heavy atom. The minimum Gasteiger partial charge on any atom is -0.411 e. The van der Waals surface area contributed by atoms with Crippen LogP contribution in [-0.4, -0.2) is 15.2 Å². The van der Waals surface area contributed by atoms with Gasteiger partial charge in [0.2, 0.25) is 0 Å². The smallest absolute Gasteiger partial charge is 0.123 e. The van der Waals surface area contributed by atoms with Crippen molar-refractivity contribution in [1.82, 2.24) is 9.94 Å². The van der Waals surface area contributed by atoms with E-state index in [4.69, 9.17) is 5.21 Å². The Balaban J connectivity index is 2.36. The molecule has 1 aliphatic rings. The van der Waals surface area contributed by atoms with Gasteiger partial charge in [-0.3, -0.25) is 0 Å². The summed E-state index contributed by atoms with van der Waals surface area (Å²) in [6.07, 6.45) is 5.56. The topological polar surface area (TPSA) is 38.0 Å². The van der Waals surface area contributed by atoms with Crippen LogP contribution in [0.1, 0.15) is 0 Å². The molecule has 0 atom stereocenters. The molecule has 0 unspecified atom stereocenters. The second kappa shape index (κ2) is 2.47. The quantitative estimate of drug-likeness (QED) is 0.493. The van der Waals surface area contributed by atoms with Gasteiger partial charge in [-0.15, -0.1) is 5.10 Å². The van der Waals surface area contributed by atoms with Crippen molar-refractivity contribution < 1.29 is 5.21 Å². The van der Waals surface area contributed by atoms with E-state index in [1.807, 2.05) is 18.2 Å². The first-order valence-corrected chi connectivity index (χ1v) is 4.72. The molecular weight excluding hydrogens is 160 g/mol. The molecule has 11 heavy (non-hydrogen) atoms. The predicted octanol–water partition coefficient (Wildman–Crippen LogP) is 1.52. The molecule has 58 valence electrons. The normalized spacial score (nSPS) is 18.0. The van der Waals surface area contributed by atoms with Gasteiger partial charge in [0, 0.05) is 0 Å². The SMILES string of the molecule is On1nccc1[SH]1C=CC=C1. The van der Waals surface area contributed by atoms with Crippen LogP contribution in [0.2, 0.25) is 0 Å². The third-order valence-electron chi connectivity index (χ3n) is 1.47. The van der Waals surface area contributed by atoms with E-state index in [0.29, 0.717) is 0 Å². The molecule has 1 N–H and O–H groups in total. The molecule has 0 bridgehead atoms. The number of rotatable bonds is 1. The van der Waals surface area contributed by atoms with E-state index in [-0.39, 0.29) is 0 Å². The second-order valence-corrected chi connectivity index (χ2v) is 4.04. The molecule has 4 heteroatoms. The fourth-order valence-electron chi connectivity index (χ4n) is 0.966. The Bertz CT molecular complexity index is 304. The van der Waals surface area contributed by atoms with Gasteiger partial charge in [0.25, 0.3) is 0 Å². The van der Waals surface area contributed by atoms with Gasteiger partial charge in [0.1, 0.15) is 5.03 Å². The van der Waals surface area contributed by atoms with Crippen molar-refractivity contribution in [1.29, 1.82) is 0 Å². The Morgan fingerprint density at radius 2 is 2.09 bits per heavy atom. The van der Waals surface area contributed by atoms with Gasteiger partial charge in [-0.1, -0.05) is 17.0 Å². The summed E-state index contributed by atoms with van der Waals surface area (Å²) in [4.78, 5) is 0.936. The number of hydrogen-bond acceptors (Lipinski definition) is 2. The molecule has 0 aromatic carbocycles. The Hall–Kier alpha value is -1.16. The molecule has 0 saturated heterocycles. The number of aromatic nitrogens is 2. The summed E-state index contributed by atoms with van der Waals surface area (Å²) in [6, 6.07) is 1.83. The lowest BCUT2D eigenvalue weighted by molar-refractivity contribution is 0.125. The highest BCUT2D eigenvalue weighted by Crippen LogP contribution is 2.40. The lowest BCUT2D eigenvalue weighted by Gasteiger charge is -2.07. The first-order chi connectivity index (χ1) is 5.38. The van der Waals surface area contributed by atoms with Crippen LogP contribution in [0.3, 0.4) is 0 Å². The van der Waals surface area contributed by atoms with Crippen molar-refractivity contribution in [2.45, 2.75) is 5.03 Å². The molecule has 0 amide bonds. The Kier molecular flexibility index (Phi) is 1.47. The van der Waals surface area contributed by atoms with Gasteiger partial charge in [-0.2, -0.15) is 10.9 Å². The first-order valence-electron chi connectivity index (χ1n) is 3.24. The lowest BCUT2D eigenvalue weighted by Crippen LogP contribution is -1.94. The van der Waals surface area contributed by atoms with Gasteiger partial charge in [0.15, 0.2) is 0 Å². The molecule has 2 rings (SSSR count). The summed E-state index contributed by atoms with van der Waals surface area (Å²) >= 11 is 0. The molecule has 0 spiro atoms. The molecule has 1 aromatic heterocycles. The Morgan fingerprint density at radius 1 is 1.36 bits per heavy atom. The minimum absolute atomic E-state index is 0.435. The molecule has 0 fully saturated rings. The number of thiol groups is 1. The molecule has 3 nitrogen and oxygen atoms in total. The Labute approximate surface area is 67.0 Å². The zero-order chi connectivity index (χ0) is 7.68. The highest BCUT2D eigenvalue weighted by atomic mass is 32.2. The van der Waals surface area contributed by atoms with Crippen molar-refractivity contribution in [3.8, 4) is 0 Å². The number of nitrogens with zero attached hydrogens (tertiary/aromatic N) is 2. The van der Waals surface area contributed by atoms with Gasteiger partial charge in [0.05, 0.1) is 6.20 Å². The summed E-state index contributed by atoms with van der Waals surface area (Å²) in [5.41, 5.74) is 0. The van der Waals surface area contributed by atoms with Gasteiger partial charge < -0.3 is 5.21 Å². The number of hydrogen-bond donors (Lipinski definition) is 2. The third kappa shape index (κ3) is 1.05. The lowest BCUT2D eigenvalue weighted by atomic mass is 10.6. The van der Waals surface area contributed by atoms with Crippen LogP contribution in [0.5, 0.6) is 0 Å². The summed E-state index contributed by atoms with van der Waals surface area (Å²) < 4.78 is 0. The average Bonchev–Trinajstić information content (AvgIpc) is 2.55. The van der Waals surface area contributed by atoms with Gasteiger partial charge in [-0.25, -0.2) is 0 Å². The van der Waals surface area contributed by atoms with E-state index >= 15 is 0 Å².